The lowest BCUT2D eigenvalue weighted by Crippen LogP contribution is -2.13. The minimum absolute atomic E-state index is 0.358. The average Bonchev–Trinajstić information content (AvgIpc) is 2.47. The summed E-state index contributed by atoms with van der Waals surface area (Å²) in [6, 6.07) is 0. The van der Waals surface area contributed by atoms with Gasteiger partial charge in [0.1, 0.15) is 5.82 Å². The molecule has 0 aliphatic heterocycles. The van der Waals surface area contributed by atoms with E-state index in [0.29, 0.717) is 18.8 Å². The van der Waals surface area contributed by atoms with Crippen LogP contribution in [0.5, 0.6) is 0 Å². The monoisotopic (exact) mass is 184 g/mol. The fourth-order valence-corrected chi connectivity index (χ4v) is 0.895. The number of aromatic nitrogens is 4. The average molecular weight is 184 g/mol. The maximum Gasteiger partial charge on any atom is 0.306 e. The highest BCUT2D eigenvalue weighted by Crippen LogP contribution is 2.03. The molecular formula is C7H12N4O2. The molecule has 6 nitrogen and oxygen atoms in total. The van der Waals surface area contributed by atoms with E-state index in [9.17, 15) is 4.79 Å². The third kappa shape index (κ3) is 2.50. The second-order valence-corrected chi connectivity index (χ2v) is 2.98. The molecule has 1 atom stereocenters. The van der Waals surface area contributed by atoms with E-state index in [1.165, 1.54) is 0 Å². The first kappa shape index (κ1) is 9.63. The molecule has 6 heteroatoms. The van der Waals surface area contributed by atoms with E-state index in [-0.39, 0.29) is 5.92 Å². The van der Waals surface area contributed by atoms with Gasteiger partial charge < -0.3 is 5.11 Å². The summed E-state index contributed by atoms with van der Waals surface area (Å²) in [5.74, 6) is -0.438. The van der Waals surface area contributed by atoms with E-state index in [4.69, 9.17) is 5.11 Å². The molecule has 0 saturated heterocycles. The molecule has 1 aromatic rings. The van der Waals surface area contributed by atoms with Crippen molar-refractivity contribution in [1.29, 1.82) is 0 Å². The van der Waals surface area contributed by atoms with Gasteiger partial charge in [0.05, 0.1) is 5.92 Å². The number of carboxylic acid groups (broad SMARTS) is 1. The Kier molecular flexibility index (Phi) is 2.94. The molecule has 0 aromatic carbocycles. The van der Waals surface area contributed by atoms with Gasteiger partial charge in [-0.05, 0) is 23.8 Å². The van der Waals surface area contributed by atoms with Crippen molar-refractivity contribution < 1.29 is 9.90 Å². The van der Waals surface area contributed by atoms with Crippen LogP contribution >= 0.6 is 0 Å². The molecule has 0 fully saturated rings. The van der Waals surface area contributed by atoms with Crippen molar-refractivity contribution in [2.24, 2.45) is 5.92 Å². The molecule has 72 valence electrons. The summed E-state index contributed by atoms with van der Waals surface area (Å²) in [4.78, 5) is 10.5. The van der Waals surface area contributed by atoms with Crippen LogP contribution in [-0.4, -0.2) is 31.3 Å². The first-order valence-corrected chi connectivity index (χ1v) is 4.07. The second-order valence-electron chi connectivity index (χ2n) is 2.98. The van der Waals surface area contributed by atoms with Crippen LogP contribution < -0.4 is 0 Å². The summed E-state index contributed by atoms with van der Waals surface area (Å²) in [7, 11) is 0. The third-order valence-electron chi connectivity index (χ3n) is 1.91. The molecule has 1 aromatic heterocycles. The third-order valence-corrected chi connectivity index (χ3v) is 1.91. The van der Waals surface area contributed by atoms with Gasteiger partial charge in [0.2, 0.25) is 0 Å². The van der Waals surface area contributed by atoms with Gasteiger partial charge in [0.25, 0.3) is 0 Å². The van der Waals surface area contributed by atoms with Crippen LogP contribution in [0.3, 0.4) is 0 Å². The number of carbonyl (C=O) groups is 1. The molecule has 1 unspecified atom stereocenters. The first-order chi connectivity index (χ1) is 6.11. The van der Waals surface area contributed by atoms with Crippen LogP contribution in [-0.2, 0) is 11.3 Å². The van der Waals surface area contributed by atoms with Crippen LogP contribution in [0, 0.1) is 12.8 Å². The van der Waals surface area contributed by atoms with Gasteiger partial charge in [-0.2, -0.15) is 0 Å². The van der Waals surface area contributed by atoms with Crippen molar-refractivity contribution in [3.8, 4) is 0 Å². The van der Waals surface area contributed by atoms with Crippen molar-refractivity contribution >= 4 is 5.97 Å². The van der Waals surface area contributed by atoms with Crippen molar-refractivity contribution in [2.45, 2.75) is 26.8 Å². The molecule has 13 heavy (non-hydrogen) atoms. The lowest BCUT2D eigenvalue weighted by atomic mass is 10.1. The summed E-state index contributed by atoms with van der Waals surface area (Å²) in [5, 5.41) is 19.5. The zero-order valence-corrected chi connectivity index (χ0v) is 7.64. The number of hydrogen-bond donors (Lipinski definition) is 1. The standard InChI is InChI=1S/C7H12N4O2/c1-5(7(12)13)3-4-11-6(2)8-9-10-11/h5H,3-4H2,1-2H3,(H,12,13). The molecule has 1 heterocycles. The maximum absolute atomic E-state index is 10.5. The Labute approximate surface area is 75.6 Å². The van der Waals surface area contributed by atoms with Gasteiger partial charge in [0.15, 0.2) is 0 Å². The van der Waals surface area contributed by atoms with E-state index in [2.05, 4.69) is 15.5 Å². The SMILES string of the molecule is Cc1nnnn1CCC(C)C(=O)O. The molecule has 1 rings (SSSR count). The van der Waals surface area contributed by atoms with Crippen molar-refractivity contribution in [1.82, 2.24) is 20.2 Å². The highest BCUT2D eigenvalue weighted by molar-refractivity contribution is 5.69. The zero-order valence-electron chi connectivity index (χ0n) is 7.64. The quantitative estimate of drug-likeness (QED) is 0.717. The van der Waals surface area contributed by atoms with Crippen LogP contribution in [0.25, 0.3) is 0 Å². The Hall–Kier alpha value is -1.46. The normalized spacial score (nSPS) is 12.8. The molecule has 0 aliphatic carbocycles. The maximum atomic E-state index is 10.5. The molecule has 0 aliphatic rings. The fourth-order valence-electron chi connectivity index (χ4n) is 0.895. The Morgan fingerprint density at radius 1 is 1.69 bits per heavy atom. The Morgan fingerprint density at radius 3 is 2.85 bits per heavy atom. The van der Waals surface area contributed by atoms with Gasteiger partial charge >= 0.3 is 5.97 Å². The lowest BCUT2D eigenvalue weighted by molar-refractivity contribution is -0.141. The van der Waals surface area contributed by atoms with Crippen molar-refractivity contribution in [2.75, 3.05) is 0 Å². The fraction of sp³-hybridized carbons (Fsp3) is 0.714. The van der Waals surface area contributed by atoms with Gasteiger partial charge in [-0.15, -0.1) is 5.10 Å². The summed E-state index contributed by atoms with van der Waals surface area (Å²) in [6.45, 7) is 4.00. The molecular weight excluding hydrogens is 172 g/mol. The highest BCUT2D eigenvalue weighted by atomic mass is 16.4. The number of tetrazole rings is 1. The van der Waals surface area contributed by atoms with Crippen LogP contribution in [0.15, 0.2) is 0 Å². The summed E-state index contributed by atoms with van der Waals surface area (Å²) in [5.41, 5.74) is 0. The van der Waals surface area contributed by atoms with Gasteiger partial charge in [-0.1, -0.05) is 6.92 Å². The number of hydrogen-bond acceptors (Lipinski definition) is 4. The number of aliphatic carboxylic acids is 1. The predicted molar refractivity (Wildman–Crippen MR) is 44.0 cm³/mol. The van der Waals surface area contributed by atoms with E-state index in [1.54, 1.807) is 18.5 Å². The lowest BCUT2D eigenvalue weighted by Gasteiger charge is -2.05. The highest BCUT2D eigenvalue weighted by Gasteiger charge is 2.11. The number of carboxylic acids is 1. The Bertz CT molecular complexity index is 296. The van der Waals surface area contributed by atoms with Gasteiger partial charge in [0, 0.05) is 6.54 Å². The van der Waals surface area contributed by atoms with Crippen molar-refractivity contribution in [3.63, 3.8) is 0 Å². The molecule has 0 spiro atoms. The van der Waals surface area contributed by atoms with Crippen LogP contribution in [0.2, 0.25) is 0 Å². The molecule has 0 bridgehead atoms. The number of rotatable bonds is 4. The van der Waals surface area contributed by atoms with Crippen LogP contribution in [0.1, 0.15) is 19.2 Å². The molecule has 0 radical (unpaired) electrons. The Morgan fingerprint density at radius 2 is 2.38 bits per heavy atom. The minimum atomic E-state index is -0.786. The van der Waals surface area contributed by atoms with Gasteiger partial charge in [-0.3, -0.25) is 4.79 Å². The number of nitrogens with zero attached hydrogens (tertiary/aromatic N) is 4. The first-order valence-electron chi connectivity index (χ1n) is 4.07. The van der Waals surface area contributed by atoms with Gasteiger partial charge in [-0.25, -0.2) is 4.68 Å². The van der Waals surface area contributed by atoms with E-state index >= 15 is 0 Å². The number of aryl methyl sites for hydroxylation is 2. The second kappa shape index (κ2) is 3.97. The largest absolute Gasteiger partial charge is 0.481 e. The van der Waals surface area contributed by atoms with Crippen molar-refractivity contribution in [3.05, 3.63) is 5.82 Å². The zero-order chi connectivity index (χ0) is 9.84. The summed E-state index contributed by atoms with van der Waals surface area (Å²) < 4.78 is 1.60. The van der Waals surface area contributed by atoms with Crippen LogP contribution in [0.4, 0.5) is 0 Å². The summed E-state index contributed by atoms with van der Waals surface area (Å²) >= 11 is 0. The minimum Gasteiger partial charge on any atom is -0.481 e. The van der Waals surface area contributed by atoms with E-state index in [0.717, 1.165) is 0 Å². The molecule has 0 amide bonds. The topological polar surface area (TPSA) is 80.9 Å². The summed E-state index contributed by atoms with van der Waals surface area (Å²) in [6.07, 6.45) is 0.543. The molecule has 0 saturated carbocycles. The van der Waals surface area contributed by atoms with E-state index < -0.39 is 5.97 Å². The Balaban J connectivity index is 2.44. The predicted octanol–water partition coefficient (Wildman–Crippen LogP) is 0.0923. The molecule has 1 N–H and O–H groups in total. The van der Waals surface area contributed by atoms with E-state index in [1.807, 2.05) is 0 Å². The smallest absolute Gasteiger partial charge is 0.306 e.